The van der Waals surface area contributed by atoms with Gasteiger partial charge in [0, 0.05) is 37.4 Å². The van der Waals surface area contributed by atoms with E-state index >= 15 is 0 Å². The van der Waals surface area contributed by atoms with Crippen LogP contribution in [0.3, 0.4) is 0 Å². The Kier molecular flexibility index (Phi) is 5.76. The fraction of sp³-hybridized carbons (Fsp3) is 0.500. The zero-order valence-corrected chi connectivity index (χ0v) is 16.1. The Labute approximate surface area is 160 Å². The quantitative estimate of drug-likeness (QED) is 0.607. The Hall–Kier alpha value is -2.45. The zero-order chi connectivity index (χ0) is 19.6. The highest BCUT2D eigenvalue weighted by atomic mass is 16.5. The maximum Gasteiger partial charge on any atom is 0.223 e. The average Bonchev–Trinajstić information content (AvgIpc) is 2.90. The van der Waals surface area contributed by atoms with Crippen molar-refractivity contribution in [3.05, 3.63) is 34.4 Å². The second kappa shape index (κ2) is 8.06. The van der Waals surface area contributed by atoms with Crippen LogP contribution >= 0.6 is 0 Å². The summed E-state index contributed by atoms with van der Waals surface area (Å²) in [4.78, 5) is 39.9. The van der Waals surface area contributed by atoms with Gasteiger partial charge in [-0.15, -0.1) is 5.92 Å². The number of Topliss-reactive ketones (excluding diaryl/α,β-unsaturated/α-hetero) is 2. The van der Waals surface area contributed by atoms with Gasteiger partial charge in [0.1, 0.15) is 11.7 Å². The molecule has 2 fully saturated rings. The number of carbonyl (C=O) groups is 3. The number of hydrogen-bond donors (Lipinski definition) is 0. The Bertz CT molecular complexity index is 817. The molecular weight excluding hydrogens is 342 g/mol. The van der Waals surface area contributed by atoms with Gasteiger partial charge in [-0.2, -0.15) is 0 Å². The van der Waals surface area contributed by atoms with Gasteiger partial charge in [0.25, 0.3) is 0 Å². The van der Waals surface area contributed by atoms with Gasteiger partial charge in [0.05, 0.1) is 13.2 Å². The van der Waals surface area contributed by atoms with Gasteiger partial charge in [-0.05, 0) is 49.6 Å². The smallest absolute Gasteiger partial charge is 0.223 e. The highest BCUT2D eigenvalue weighted by molar-refractivity contribution is 6.15. The SMILES string of the molecule is CC#Cc1cc(C)c(C2C(=O)CC(CC(=O)N3CCOCC3)C2=O)c(C)c1. The summed E-state index contributed by atoms with van der Waals surface area (Å²) >= 11 is 0. The van der Waals surface area contributed by atoms with Gasteiger partial charge in [-0.3, -0.25) is 14.4 Å². The van der Waals surface area contributed by atoms with E-state index in [1.807, 2.05) is 26.0 Å². The molecule has 0 spiro atoms. The summed E-state index contributed by atoms with van der Waals surface area (Å²) in [6, 6.07) is 3.84. The molecule has 3 rings (SSSR count). The third-order valence-corrected chi connectivity index (χ3v) is 5.39. The topological polar surface area (TPSA) is 63.7 Å². The van der Waals surface area contributed by atoms with Crippen molar-refractivity contribution in [2.75, 3.05) is 26.3 Å². The molecule has 5 nitrogen and oxygen atoms in total. The highest BCUT2D eigenvalue weighted by Gasteiger charge is 2.44. The molecule has 1 aromatic rings. The van der Waals surface area contributed by atoms with E-state index in [2.05, 4.69) is 11.8 Å². The van der Waals surface area contributed by atoms with Crippen LogP contribution in [0, 0.1) is 31.6 Å². The summed E-state index contributed by atoms with van der Waals surface area (Å²) in [7, 11) is 0. The van der Waals surface area contributed by atoms with Crippen LogP contribution < -0.4 is 0 Å². The van der Waals surface area contributed by atoms with Gasteiger partial charge in [0.15, 0.2) is 5.78 Å². The maximum atomic E-state index is 13.0. The van der Waals surface area contributed by atoms with E-state index in [-0.39, 0.29) is 30.3 Å². The van der Waals surface area contributed by atoms with Crippen LogP contribution in [0.2, 0.25) is 0 Å². The Morgan fingerprint density at radius 1 is 1.19 bits per heavy atom. The van der Waals surface area contributed by atoms with E-state index in [1.54, 1.807) is 11.8 Å². The first kappa shape index (κ1) is 19.3. The standard InChI is InChI=1S/C22H25NO4/c1-4-5-16-10-14(2)20(15(3)11-16)21-18(24)12-17(22(21)26)13-19(25)23-6-8-27-9-7-23/h10-11,17,21H,6-9,12-13H2,1-3H3. The van der Waals surface area contributed by atoms with Crippen LogP contribution in [0.1, 0.15) is 47.9 Å². The Morgan fingerprint density at radius 3 is 2.41 bits per heavy atom. The van der Waals surface area contributed by atoms with E-state index in [0.29, 0.717) is 26.3 Å². The summed E-state index contributed by atoms with van der Waals surface area (Å²) in [5, 5.41) is 0. The van der Waals surface area contributed by atoms with Crippen LogP contribution in [-0.2, 0) is 19.1 Å². The normalized spacial score (nSPS) is 22.6. The van der Waals surface area contributed by atoms with E-state index in [4.69, 9.17) is 4.74 Å². The number of ketones is 2. The molecule has 0 N–H and O–H groups in total. The molecule has 2 unspecified atom stereocenters. The molecule has 0 bridgehead atoms. The largest absolute Gasteiger partial charge is 0.378 e. The molecular formula is C22H25NO4. The third-order valence-electron chi connectivity index (χ3n) is 5.39. The van der Waals surface area contributed by atoms with Crippen molar-refractivity contribution in [2.24, 2.45) is 5.92 Å². The molecule has 2 atom stereocenters. The molecule has 1 saturated heterocycles. The second-order valence-corrected chi connectivity index (χ2v) is 7.30. The van der Waals surface area contributed by atoms with Gasteiger partial charge in [0.2, 0.25) is 5.91 Å². The van der Waals surface area contributed by atoms with Gasteiger partial charge >= 0.3 is 0 Å². The van der Waals surface area contributed by atoms with Gasteiger partial charge in [-0.25, -0.2) is 0 Å². The lowest BCUT2D eigenvalue weighted by Crippen LogP contribution is -2.41. The molecule has 0 radical (unpaired) electrons. The summed E-state index contributed by atoms with van der Waals surface area (Å²) in [5.74, 6) is 4.35. The monoisotopic (exact) mass is 367 g/mol. The lowest BCUT2D eigenvalue weighted by Gasteiger charge is -2.27. The predicted octanol–water partition coefficient (Wildman–Crippen LogP) is 2.17. The van der Waals surface area contributed by atoms with Crippen LogP contribution in [0.15, 0.2) is 12.1 Å². The van der Waals surface area contributed by atoms with Crippen molar-refractivity contribution in [2.45, 2.75) is 39.5 Å². The van der Waals surface area contributed by atoms with E-state index in [9.17, 15) is 14.4 Å². The van der Waals surface area contributed by atoms with Crippen molar-refractivity contribution in [3.63, 3.8) is 0 Å². The van der Waals surface area contributed by atoms with Crippen molar-refractivity contribution < 1.29 is 19.1 Å². The Morgan fingerprint density at radius 2 is 1.81 bits per heavy atom. The molecule has 1 saturated carbocycles. The molecule has 1 amide bonds. The number of amides is 1. The van der Waals surface area contributed by atoms with Gasteiger partial charge < -0.3 is 9.64 Å². The number of aryl methyl sites for hydroxylation is 2. The first-order valence-corrected chi connectivity index (χ1v) is 9.38. The first-order valence-electron chi connectivity index (χ1n) is 9.38. The van der Waals surface area contributed by atoms with E-state index < -0.39 is 11.8 Å². The number of rotatable bonds is 3. The summed E-state index contributed by atoms with van der Waals surface area (Å²) < 4.78 is 5.26. The molecule has 1 heterocycles. The van der Waals surface area contributed by atoms with Crippen LogP contribution in [0.4, 0.5) is 0 Å². The number of ether oxygens (including phenoxy) is 1. The lowest BCUT2D eigenvalue weighted by molar-refractivity contribution is -0.138. The number of benzene rings is 1. The van der Waals surface area contributed by atoms with Crippen LogP contribution in [-0.4, -0.2) is 48.7 Å². The van der Waals surface area contributed by atoms with E-state index in [0.717, 1.165) is 22.3 Å². The molecule has 27 heavy (non-hydrogen) atoms. The van der Waals surface area contributed by atoms with E-state index in [1.165, 1.54) is 0 Å². The second-order valence-electron chi connectivity index (χ2n) is 7.30. The predicted molar refractivity (Wildman–Crippen MR) is 101 cm³/mol. The molecule has 5 heteroatoms. The number of morpholine rings is 1. The zero-order valence-electron chi connectivity index (χ0n) is 16.1. The molecule has 142 valence electrons. The van der Waals surface area contributed by atoms with Crippen LogP contribution in [0.5, 0.6) is 0 Å². The fourth-order valence-corrected chi connectivity index (χ4v) is 4.13. The minimum absolute atomic E-state index is 0.0629. The van der Waals surface area contributed by atoms with Crippen LogP contribution in [0.25, 0.3) is 0 Å². The van der Waals surface area contributed by atoms with Gasteiger partial charge in [-0.1, -0.05) is 5.92 Å². The average molecular weight is 367 g/mol. The maximum absolute atomic E-state index is 13.0. The summed E-state index contributed by atoms with van der Waals surface area (Å²) in [6.45, 7) is 7.75. The van der Waals surface area contributed by atoms with Crippen molar-refractivity contribution in [1.29, 1.82) is 0 Å². The highest BCUT2D eigenvalue weighted by Crippen LogP contribution is 2.37. The fourth-order valence-electron chi connectivity index (χ4n) is 4.13. The molecule has 1 aromatic carbocycles. The lowest BCUT2D eigenvalue weighted by atomic mass is 9.86. The molecule has 0 aromatic heterocycles. The van der Waals surface area contributed by atoms with Crippen molar-refractivity contribution >= 4 is 17.5 Å². The first-order chi connectivity index (χ1) is 12.9. The summed E-state index contributed by atoms with van der Waals surface area (Å²) in [5.41, 5.74) is 3.47. The minimum atomic E-state index is -0.754. The number of hydrogen-bond acceptors (Lipinski definition) is 4. The molecule has 2 aliphatic rings. The third kappa shape index (κ3) is 3.96. The molecule has 1 aliphatic carbocycles. The number of nitrogens with zero attached hydrogens (tertiary/aromatic N) is 1. The van der Waals surface area contributed by atoms with Crippen molar-refractivity contribution in [3.8, 4) is 11.8 Å². The number of carbonyl (C=O) groups excluding carboxylic acids is 3. The molecule has 1 aliphatic heterocycles. The summed E-state index contributed by atoms with van der Waals surface area (Å²) in [6.07, 6.45) is 0.257. The van der Waals surface area contributed by atoms with Crippen molar-refractivity contribution in [1.82, 2.24) is 4.90 Å². The minimum Gasteiger partial charge on any atom is -0.378 e. The Balaban J connectivity index is 1.80.